The molecule has 0 aliphatic carbocycles. The second kappa shape index (κ2) is 8.69. The summed E-state index contributed by atoms with van der Waals surface area (Å²) in [4.78, 5) is 16.1. The number of ether oxygens (including phenoxy) is 1. The van der Waals surface area contributed by atoms with Crippen molar-refractivity contribution >= 4 is 27.3 Å². The number of amides is 1. The van der Waals surface area contributed by atoms with E-state index >= 15 is 0 Å². The molecule has 0 saturated carbocycles. The highest BCUT2D eigenvalue weighted by Crippen LogP contribution is 2.17. The Kier molecular flexibility index (Phi) is 6.89. The van der Waals surface area contributed by atoms with E-state index in [-0.39, 0.29) is 11.7 Å². The van der Waals surface area contributed by atoms with Gasteiger partial charge < -0.3 is 9.64 Å². The Bertz CT molecular complexity index is 658. The van der Waals surface area contributed by atoms with Gasteiger partial charge in [-0.2, -0.15) is 0 Å². The Hall–Kier alpha value is -1.31. The van der Waals surface area contributed by atoms with Crippen LogP contribution in [0.2, 0.25) is 5.02 Å². The zero-order chi connectivity index (χ0) is 17.6. The third kappa shape index (κ3) is 6.67. The fraction of sp³-hybridized carbons (Fsp3) is 0.562. The van der Waals surface area contributed by atoms with Gasteiger partial charge in [-0.1, -0.05) is 17.7 Å². The van der Waals surface area contributed by atoms with Crippen LogP contribution in [0.25, 0.3) is 0 Å². The third-order valence-corrected chi connectivity index (χ3v) is 5.04. The number of nitrogens with zero attached hydrogens (tertiary/aromatic N) is 2. The number of carbonyl (C=O) groups excluding carboxylic acids is 1. The smallest absolute Gasteiger partial charge is 0.226 e. The Morgan fingerprint density at radius 3 is 2.58 bits per heavy atom. The van der Waals surface area contributed by atoms with Crippen LogP contribution in [-0.2, 0) is 14.6 Å². The van der Waals surface area contributed by atoms with Gasteiger partial charge >= 0.3 is 0 Å². The van der Waals surface area contributed by atoms with Gasteiger partial charge in [0.15, 0.2) is 0 Å². The number of hydrogen-bond acceptors (Lipinski definition) is 5. The van der Waals surface area contributed by atoms with Crippen LogP contribution < -0.4 is 4.74 Å². The van der Waals surface area contributed by atoms with E-state index in [1.165, 1.54) is 6.26 Å². The lowest BCUT2D eigenvalue weighted by molar-refractivity contribution is -0.133. The normalized spacial score (nSPS) is 16.2. The summed E-state index contributed by atoms with van der Waals surface area (Å²) in [5.41, 5.74) is 0. The van der Waals surface area contributed by atoms with E-state index in [0.29, 0.717) is 56.5 Å². The zero-order valence-corrected chi connectivity index (χ0v) is 15.4. The zero-order valence-electron chi connectivity index (χ0n) is 13.8. The highest BCUT2D eigenvalue weighted by atomic mass is 35.5. The largest absolute Gasteiger partial charge is 0.493 e. The van der Waals surface area contributed by atoms with Gasteiger partial charge in [0, 0.05) is 44.0 Å². The standard InChI is InChI=1S/C16H23ClN2O4S/c1-24(21,22)12-10-18-6-8-19(9-7-18)16(20)5-11-23-15-4-2-3-14(17)13-15/h2-4,13H,5-12H2,1H3. The van der Waals surface area contributed by atoms with Crippen LogP contribution in [0.4, 0.5) is 0 Å². The van der Waals surface area contributed by atoms with Crippen molar-refractivity contribution in [2.45, 2.75) is 6.42 Å². The molecular formula is C16H23ClN2O4S. The van der Waals surface area contributed by atoms with Crippen LogP contribution >= 0.6 is 11.6 Å². The van der Waals surface area contributed by atoms with Crippen molar-refractivity contribution in [1.82, 2.24) is 9.80 Å². The van der Waals surface area contributed by atoms with Crippen molar-refractivity contribution in [3.05, 3.63) is 29.3 Å². The summed E-state index contributed by atoms with van der Waals surface area (Å²) in [5, 5.41) is 0.601. The maximum absolute atomic E-state index is 12.2. The molecular weight excluding hydrogens is 352 g/mol. The summed E-state index contributed by atoms with van der Waals surface area (Å²) in [5.74, 6) is 0.870. The molecule has 1 aliphatic rings. The van der Waals surface area contributed by atoms with Crippen molar-refractivity contribution in [3.63, 3.8) is 0 Å². The predicted molar refractivity (Wildman–Crippen MR) is 94.3 cm³/mol. The van der Waals surface area contributed by atoms with Crippen LogP contribution in [-0.4, -0.2) is 75.5 Å². The van der Waals surface area contributed by atoms with Crippen molar-refractivity contribution in [2.75, 3.05) is 51.3 Å². The molecule has 1 aliphatic heterocycles. The van der Waals surface area contributed by atoms with Crippen molar-refractivity contribution in [2.24, 2.45) is 0 Å². The topological polar surface area (TPSA) is 66.9 Å². The van der Waals surface area contributed by atoms with E-state index in [4.69, 9.17) is 16.3 Å². The summed E-state index contributed by atoms with van der Waals surface area (Å²) in [6.07, 6.45) is 1.56. The van der Waals surface area contributed by atoms with Gasteiger partial charge in [-0.05, 0) is 18.2 Å². The lowest BCUT2D eigenvalue weighted by atomic mass is 10.3. The summed E-state index contributed by atoms with van der Waals surface area (Å²) in [6, 6.07) is 7.08. The molecule has 0 bridgehead atoms. The van der Waals surface area contributed by atoms with Gasteiger partial charge in [-0.15, -0.1) is 0 Å². The quantitative estimate of drug-likeness (QED) is 0.719. The molecule has 1 aromatic carbocycles. The van der Waals surface area contributed by atoms with Crippen molar-refractivity contribution < 1.29 is 17.9 Å². The van der Waals surface area contributed by atoms with E-state index in [9.17, 15) is 13.2 Å². The summed E-state index contributed by atoms with van der Waals surface area (Å²) in [7, 11) is -2.94. The second-order valence-electron chi connectivity index (χ2n) is 5.91. The second-order valence-corrected chi connectivity index (χ2v) is 8.60. The number of benzene rings is 1. The lowest BCUT2D eigenvalue weighted by Crippen LogP contribution is -2.49. The van der Waals surface area contributed by atoms with Crippen molar-refractivity contribution in [3.8, 4) is 5.75 Å². The summed E-state index contributed by atoms with van der Waals surface area (Å²) >= 11 is 5.88. The molecule has 0 radical (unpaired) electrons. The Labute approximate surface area is 148 Å². The number of piperazine rings is 1. The average molecular weight is 375 g/mol. The summed E-state index contributed by atoms with van der Waals surface area (Å²) in [6.45, 7) is 3.50. The van der Waals surface area contributed by atoms with E-state index in [0.717, 1.165) is 0 Å². The number of rotatable bonds is 7. The molecule has 8 heteroatoms. The highest BCUT2D eigenvalue weighted by molar-refractivity contribution is 7.90. The van der Waals surface area contributed by atoms with Gasteiger partial charge in [0.25, 0.3) is 0 Å². The van der Waals surface area contributed by atoms with Gasteiger partial charge in [0.05, 0.1) is 18.8 Å². The van der Waals surface area contributed by atoms with Gasteiger partial charge in [-0.25, -0.2) is 8.42 Å². The molecule has 134 valence electrons. The molecule has 24 heavy (non-hydrogen) atoms. The number of hydrogen-bond donors (Lipinski definition) is 0. The molecule has 0 atom stereocenters. The van der Waals surface area contributed by atoms with E-state index in [1.54, 1.807) is 29.2 Å². The minimum Gasteiger partial charge on any atom is -0.493 e. The van der Waals surface area contributed by atoms with Crippen molar-refractivity contribution in [1.29, 1.82) is 0 Å². The minimum atomic E-state index is -2.94. The first kappa shape index (κ1) is 19.0. The van der Waals surface area contributed by atoms with Gasteiger partial charge in [0.2, 0.25) is 5.91 Å². The predicted octanol–water partition coefficient (Wildman–Crippen LogP) is 1.30. The molecule has 0 N–H and O–H groups in total. The molecule has 1 amide bonds. The van der Waals surface area contributed by atoms with Crippen LogP contribution in [0, 0.1) is 0 Å². The van der Waals surface area contributed by atoms with Crippen LogP contribution in [0.15, 0.2) is 24.3 Å². The summed E-state index contributed by atoms with van der Waals surface area (Å²) < 4.78 is 27.9. The maximum Gasteiger partial charge on any atom is 0.226 e. The Balaban J connectivity index is 1.67. The molecule has 2 rings (SSSR count). The maximum atomic E-state index is 12.2. The molecule has 1 heterocycles. The van der Waals surface area contributed by atoms with E-state index < -0.39 is 9.84 Å². The first-order valence-electron chi connectivity index (χ1n) is 7.90. The number of halogens is 1. The highest BCUT2D eigenvalue weighted by Gasteiger charge is 2.21. The Morgan fingerprint density at radius 1 is 1.25 bits per heavy atom. The molecule has 1 aromatic rings. The average Bonchev–Trinajstić information content (AvgIpc) is 2.53. The molecule has 6 nitrogen and oxygen atoms in total. The van der Waals surface area contributed by atoms with Gasteiger partial charge in [-0.3, -0.25) is 9.69 Å². The number of carbonyl (C=O) groups is 1. The molecule has 0 spiro atoms. The van der Waals surface area contributed by atoms with E-state index in [2.05, 4.69) is 4.90 Å². The first-order chi connectivity index (χ1) is 11.3. The fourth-order valence-corrected chi connectivity index (χ4v) is 3.26. The third-order valence-electron chi connectivity index (χ3n) is 3.88. The fourth-order valence-electron chi connectivity index (χ4n) is 2.49. The van der Waals surface area contributed by atoms with E-state index in [1.807, 2.05) is 0 Å². The van der Waals surface area contributed by atoms with Crippen LogP contribution in [0.1, 0.15) is 6.42 Å². The van der Waals surface area contributed by atoms with Crippen LogP contribution in [0.3, 0.4) is 0 Å². The lowest BCUT2D eigenvalue weighted by Gasteiger charge is -2.34. The monoisotopic (exact) mass is 374 g/mol. The molecule has 0 unspecified atom stereocenters. The van der Waals surface area contributed by atoms with Gasteiger partial charge in [0.1, 0.15) is 15.6 Å². The first-order valence-corrected chi connectivity index (χ1v) is 10.3. The molecule has 0 aromatic heterocycles. The Morgan fingerprint density at radius 2 is 1.96 bits per heavy atom. The SMILES string of the molecule is CS(=O)(=O)CCN1CCN(C(=O)CCOc2cccc(Cl)c2)CC1. The number of sulfone groups is 1. The minimum absolute atomic E-state index is 0.0554. The molecule has 1 fully saturated rings. The molecule has 1 saturated heterocycles. The van der Waals surface area contributed by atoms with Crippen LogP contribution in [0.5, 0.6) is 5.75 Å².